The van der Waals surface area contributed by atoms with Crippen LogP contribution in [0.2, 0.25) is 0 Å². The molecule has 1 fully saturated rings. The Hall–Kier alpha value is -1.42. The summed E-state index contributed by atoms with van der Waals surface area (Å²) in [5.74, 6) is 0.101. The molecule has 1 atom stereocenters. The maximum atomic E-state index is 13.2. The third kappa shape index (κ3) is 2.37. The van der Waals surface area contributed by atoms with Crippen LogP contribution in [0, 0.1) is 11.7 Å². The van der Waals surface area contributed by atoms with Crippen molar-refractivity contribution in [2.24, 2.45) is 11.7 Å². The topological polar surface area (TPSA) is 46.3 Å². The average Bonchev–Trinajstić information content (AvgIpc) is 3.05. The summed E-state index contributed by atoms with van der Waals surface area (Å²) >= 11 is 0. The van der Waals surface area contributed by atoms with Crippen molar-refractivity contribution in [3.05, 3.63) is 35.1 Å². The van der Waals surface area contributed by atoms with E-state index in [9.17, 15) is 9.18 Å². The second-order valence-corrected chi connectivity index (χ2v) is 5.68. The number of hydrogen-bond donors (Lipinski definition) is 1. The molecule has 0 saturated heterocycles. The normalized spacial score (nSPS) is 20.6. The number of carbonyl (C=O) groups excluding carboxylic acids is 1. The number of fused-ring (bicyclic) bond motifs is 1. The van der Waals surface area contributed by atoms with Gasteiger partial charge in [0.1, 0.15) is 5.82 Å². The fraction of sp³-hybridized carbons (Fsp3) is 0.533. The van der Waals surface area contributed by atoms with Crippen LogP contribution in [0.4, 0.5) is 4.39 Å². The number of benzene rings is 1. The fourth-order valence-electron chi connectivity index (χ4n) is 3.25. The summed E-state index contributed by atoms with van der Waals surface area (Å²) in [5, 5.41) is 0. The molecule has 0 spiro atoms. The van der Waals surface area contributed by atoms with Gasteiger partial charge in [0, 0.05) is 13.1 Å². The van der Waals surface area contributed by atoms with Gasteiger partial charge in [0.15, 0.2) is 0 Å². The summed E-state index contributed by atoms with van der Waals surface area (Å²) in [6.07, 6.45) is 4.47. The number of nitrogens with two attached hydrogens (primary N) is 1. The predicted molar refractivity (Wildman–Crippen MR) is 70.6 cm³/mol. The lowest BCUT2D eigenvalue weighted by molar-refractivity contribution is -0.134. The molecule has 1 aliphatic carbocycles. The lowest BCUT2D eigenvalue weighted by Gasteiger charge is -2.24. The number of hydrogen-bond acceptors (Lipinski definition) is 2. The van der Waals surface area contributed by atoms with Crippen LogP contribution in [-0.2, 0) is 17.9 Å². The molecule has 1 aromatic rings. The Morgan fingerprint density at radius 3 is 2.68 bits per heavy atom. The van der Waals surface area contributed by atoms with Crippen molar-refractivity contribution >= 4 is 5.91 Å². The molecule has 3 rings (SSSR count). The SMILES string of the molecule is N[C@H](C(=O)N1Cc2ccc(F)cc2C1)C1CCCC1. The average molecular weight is 262 g/mol. The van der Waals surface area contributed by atoms with Crippen molar-refractivity contribution in [1.82, 2.24) is 4.90 Å². The molecule has 2 aliphatic rings. The first kappa shape index (κ1) is 12.6. The minimum Gasteiger partial charge on any atom is -0.333 e. The number of carbonyl (C=O) groups is 1. The molecule has 0 aromatic heterocycles. The van der Waals surface area contributed by atoms with Gasteiger partial charge in [-0.25, -0.2) is 4.39 Å². The molecule has 1 saturated carbocycles. The van der Waals surface area contributed by atoms with Crippen LogP contribution in [0.15, 0.2) is 18.2 Å². The van der Waals surface area contributed by atoms with Crippen LogP contribution in [0.1, 0.15) is 36.8 Å². The molecule has 3 nitrogen and oxygen atoms in total. The van der Waals surface area contributed by atoms with Crippen LogP contribution in [0.5, 0.6) is 0 Å². The van der Waals surface area contributed by atoms with E-state index < -0.39 is 0 Å². The van der Waals surface area contributed by atoms with Crippen molar-refractivity contribution in [3.8, 4) is 0 Å². The summed E-state index contributed by atoms with van der Waals surface area (Å²) in [6, 6.07) is 4.34. The second kappa shape index (κ2) is 4.93. The molecule has 102 valence electrons. The first-order valence-corrected chi connectivity index (χ1v) is 6.97. The zero-order valence-corrected chi connectivity index (χ0v) is 10.9. The maximum absolute atomic E-state index is 13.2. The Bertz CT molecular complexity index is 497. The highest BCUT2D eigenvalue weighted by molar-refractivity contribution is 5.82. The minimum absolute atomic E-state index is 0.0171. The summed E-state index contributed by atoms with van der Waals surface area (Å²) in [6.45, 7) is 1.06. The highest BCUT2D eigenvalue weighted by atomic mass is 19.1. The predicted octanol–water partition coefficient (Wildman–Crippen LogP) is 2.19. The van der Waals surface area contributed by atoms with Crippen LogP contribution in [0.3, 0.4) is 0 Å². The van der Waals surface area contributed by atoms with E-state index >= 15 is 0 Å². The molecule has 2 N–H and O–H groups in total. The van der Waals surface area contributed by atoms with Crippen LogP contribution >= 0.6 is 0 Å². The third-order valence-corrected chi connectivity index (χ3v) is 4.40. The summed E-state index contributed by atoms with van der Waals surface area (Å²) < 4.78 is 13.2. The Morgan fingerprint density at radius 1 is 1.26 bits per heavy atom. The van der Waals surface area contributed by atoms with Crippen molar-refractivity contribution in [2.45, 2.75) is 44.8 Å². The van der Waals surface area contributed by atoms with Gasteiger partial charge in [-0.1, -0.05) is 18.9 Å². The molecule has 19 heavy (non-hydrogen) atoms. The zero-order chi connectivity index (χ0) is 13.4. The fourth-order valence-corrected chi connectivity index (χ4v) is 3.25. The highest BCUT2D eigenvalue weighted by Gasteiger charge is 2.33. The van der Waals surface area contributed by atoms with Crippen molar-refractivity contribution in [3.63, 3.8) is 0 Å². The van der Waals surface area contributed by atoms with Gasteiger partial charge in [0.05, 0.1) is 6.04 Å². The lowest BCUT2D eigenvalue weighted by Crippen LogP contribution is -2.45. The lowest BCUT2D eigenvalue weighted by atomic mass is 9.98. The molecule has 1 aromatic carbocycles. The number of rotatable bonds is 2. The molecule has 1 aliphatic heterocycles. The molecule has 0 bridgehead atoms. The van der Waals surface area contributed by atoms with E-state index in [-0.39, 0.29) is 17.8 Å². The van der Waals surface area contributed by atoms with E-state index in [2.05, 4.69) is 0 Å². The van der Waals surface area contributed by atoms with Gasteiger partial charge in [0.25, 0.3) is 0 Å². The van der Waals surface area contributed by atoms with Crippen LogP contribution < -0.4 is 5.73 Å². The smallest absolute Gasteiger partial charge is 0.240 e. The van der Waals surface area contributed by atoms with Crippen LogP contribution in [0.25, 0.3) is 0 Å². The Labute approximate surface area is 112 Å². The largest absolute Gasteiger partial charge is 0.333 e. The van der Waals surface area contributed by atoms with Gasteiger partial charge in [0.2, 0.25) is 5.91 Å². The maximum Gasteiger partial charge on any atom is 0.240 e. The van der Waals surface area contributed by atoms with E-state index in [0.717, 1.165) is 24.0 Å². The summed E-state index contributed by atoms with van der Waals surface area (Å²) in [5.41, 5.74) is 8.05. The van der Waals surface area contributed by atoms with Gasteiger partial charge in [-0.15, -0.1) is 0 Å². The summed E-state index contributed by atoms with van der Waals surface area (Å²) in [4.78, 5) is 14.1. The molecule has 1 heterocycles. The van der Waals surface area contributed by atoms with Crippen LogP contribution in [-0.4, -0.2) is 16.8 Å². The quantitative estimate of drug-likeness (QED) is 0.888. The van der Waals surface area contributed by atoms with Crippen molar-refractivity contribution in [2.75, 3.05) is 0 Å². The van der Waals surface area contributed by atoms with Gasteiger partial charge in [-0.2, -0.15) is 0 Å². The Kier molecular flexibility index (Phi) is 3.27. The van der Waals surface area contributed by atoms with Crippen molar-refractivity contribution < 1.29 is 9.18 Å². The van der Waals surface area contributed by atoms with E-state index in [1.54, 1.807) is 11.0 Å². The van der Waals surface area contributed by atoms with E-state index in [0.29, 0.717) is 19.0 Å². The molecule has 1 amide bonds. The Morgan fingerprint density at radius 2 is 1.95 bits per heavy atom. The first-order valence-electron chi connectivity index (χ1n) is 6.97. The molecular formula is C15H19FN2O. The zero-order valence-electron chi connectivity index (χ0n) is 10.9. The number of nitrogens with zero attached hydrogens (tertiary/aromatic N) is 1. The standard InChI is InChI=1S/C15H19FN2O/c16-13-6-5-11-8-18(9-12(11)7-13)15(19)14(17)10-3-1-2-4-10/h5-7,10,14H,1-4,8-9,17H2/t14-/m0/s1. The first-order chi connectivity index (χ1) is 9.15. The van der Waals surface area contributed by atoms with Gasteiger partial charge in [-0.05, 0) is 42.0 Å². The molecular weight excluding hydrogens is 243 g/mol. The van der Waals surface area contributed by atoms with E-state index in [4.69, 9.17) is 5.73 Å². The van der Waals surface area contributed by atoms with E-state index in [1.165, 1.54) is 25.0 Å². The molecule has 0 unspecified atom stereocenters. The van der Waals surface area contributed by atoms with E-state index in [1.807, 2.05) is 0 Å². The van der Waals surface area contributed by atoms with Crippen molar-refractivity contribution in [1.29, 1.82) is 0 Å². The second-order valence-electron chi connectivity index (χ2n) is 5.68. The third-order valence-electron chi connectivity index (χ3n) is 4.40. The van der Waals surface area contributed by atoms with Gasteiger partial charge < -0.3 is 10.6 Å². The number of halogens is 1. The van der Waals surface area contributed by atoms with Gasteiger partial charge in [-0.3, -0.25) is 4.79 Å². The van der Waals surface area contributed by atoms with Gasteiger partial charge >= 0.3 is 0 Å². The Balaban J connectivity index is 1.70. The molecule has 0 radical (unpaired) electrons. The minimum atomic E-state index is -0.387. The monoisotopic (exact) mass is 262 g/mol. The highest BCUT2D eigenvalue weighted by Crippen LogP contribution is 2.30. The molecule has 4 heteroatoms. The summed E-state index contributed by atoms with van der Waals surface area (Å²) in [7, 11) is 0. The number of amides is 1.